The average Bonchev–Trinajstić information content (AvgIpc) is 2.71. The highest BCUT2D eigenvalue weighted by molar-refractivity contribution is 4.78. The second-order valence-electron chi connectivity index (χ2n) is 3.66. The van der Waals surface area contributed by atoms with E-state index in [2.05, 4.69) is 21.6 Å². The van der Waals surface area contributed by atoms with E-state index in [9.17, 15) is 0 Å². The summed E-state index contributed by atoms with van der Waals surface area (Å²) in [5.41, 5.74) is 0. The number of rotatable bonds is 4. The van der Waals surface area contributed by atoms with Crippen molar-refractivity contribution in [3.05, 3.63) is 25.3 Å². The number of aromatic nitrogens is 3. The maximum atomic E-state index is 5.66. The van der Waals surface area contributed by atoms with E-state index in [0.717, 1.165) is 32.8 Å². The molecule has 2 rings (SSSR count). The summed E-state index contributed by atoms with van der Waals surface area (Å²) in [5, 5.41) is 4.07. The highest BCUT2D eigenvalue weighted by Crippen LogP contribution is 2.06. The van der Waals surface area contributed by atoms with Gasteiger partial charge >= 0.3 is 0 Å². The zero-order chi connectivity index (χ0) is 10.5. The Hall–Kier alpha value is -1.20. The van der Waals surface area contributed by atoms with Crippen LogP contribution in [0.15, 0.2) is 25.3 Å². The Morgan fingerprint density at radius 3 is 3.27 bits per heavy atom. The first-order valence-corrected chi connectivity index (χ1v) is 5.16. The molecule has 0 aliphatic carbocycles. The third-order valence-corrected chi connectivity index (χ3v) is 2.47. The van der Waals surface area contributed by atoms with Crippen LogP contribution in [0.4, 0.5) is 0 Å². The SMILES string of the molecule is C=CCN1CCOC(Cn2cncn2)C1. The topological polar surface area (TPSA) is 43.2 Å². The Bertz CT molecular complexity index is 298. The normalized spacial score (nSPS) is 22.8. The van der Waals surface area contributed by atoms with E-state index in [0.29, 0.717) is 0 Å². The lowest BCUT2D eigenvalue weighted by Gasteiger charge is -2.31. The second kappa shape index (κ2) is 5.04. The molecule has 0 saturated carbocycles. The molecule has 0 radical (unpaired) electrons. The van der Waals surface area contributed by atoms with Crippen LogP contribution in [0.5, 0.6) is 0 Å². The molecule has 82 valence electrons. The van der Waals surface area contributed by atoms with Crippen molar-refractivity contribution in [3.63, 3.8) is 0 Å². The van der Waals surface area contributed by atoms with Crippen molar-refractivity contribution in [2.45, 2.75) is 12.6 Å². The first kappa shape index (κ1) is 10.3. The Morgan fingerprint density at radius 1 is 1.60 bits per heavy atom. The molecule has 0 spiro atoms. The van der Waals surface area contributed by atoms with Gasteiger partial charge in [0.05, 0.1) is 19.3 Å². The lowest BCUT2D eigenvalue weighted by molar-refractivity contribution is -0.0338. The monoisotopic (exact) mass is 208 g/mol. The fourth-order valence-corrected chi connectivity index (χ4v) is 1.77. The molecule has 1 fully saturated rings. The van der Waals surface area contributed by atoms with Crippen molar-refractivity contribution in [2.24, 2.45) is 0 Å². The fourth-order valence-electron chi connectivity index (χ4n) is 1.77. The van der Waals surface area contributed by atoms with Gasteiger partial charge in [-0.25, -0.2) is 4.98 Å². The zero-order valence-electron chi connectivity index (χ0n) is 8.75. The van der Waals surface area contributed by atoms with Crippen LogP contribution in [0.2, 0.25) is 0 Å². The van der Waals surface area contributed by atoms with Crippen molar-refractivity contribution < 1.29 is 4.74 Å². The number of hydrogen-bond acceptors (Lipinski definition) is 4. The summed E-state index contributed by atoms with van der Waals surface area (Å²) < 4.78 is 7.47. The van der Waals surface area contributed by atoms with Gasteiger partial charge in [0.2, 0.25) is 0 Å². The molecule has 0 aromatic carbocycles. The van der Waals surface area contributed by atoms with Gasteiger partial charge in [-0.1, -0.05) is 6.08 Å². The Labute approximate surface area is 89.4 Å². The van der Waals surface area contributed by atoms with Crippen LogP contribution in [-0.2, 0) is 11.3 Å². The maximum Gasteiger partial charge on any atom is 0.137 e. The van der Waals surface area contributed by atoms with Crippen molar-refractivity contribution in [2.75, 3.05) is 26.2 Å². The van der Waals surface area contributed by atoms with Crippen molar-refractivity contribution in [1.29, 1.82) is 0 Å². The molecule has 2 heterocycles. The standard InChI is InChI=1S/C10H16N4O/c1-2-3-13-4-5-15-10(6-13)7-14-9-11-8-12-14/h2,8-10H,1,3-7H2. The molecule has 5 heteroatoms. The molecule has 1 aliphatic rings. The van der Waals surface area contributed by atoms with Gasteiger partial charge in [-0.2, -0.15) is 5.10 Å². The van der Waals surface area contributed by atoms with Crippen LogP contribution < -0.4 is 0 Å². The third kappa shape index (κ3) is 2.87. The van der Waals surface area contributed by atoms with Gasteiger partial charge in [-0.3, -0.25) is 9.58 Å². The van der Waals surface area contributed by atoms with Crippen LogP contribution in [-0.4, -0.2) is 52.0 Å². The number of morpholine rings is 1. The predicted octanol–water partition coefficient (Wildman–Crippen LogP) is 0.165. The third-order valence-electron chi connectivity index (χ3n) is 2.47. The van der Waals surface area contributed by atoms with Crippen LogP contribution in [0.1, 0.15) is 0 Å². The molecule has 1 aromatic heterocycles. The summed E-state index contributed by atoms with van der Waals surface area (Å²) in [6, 6.07) is 0. The summed E-state index contributed by atoms with van der Waals surface area (Å²) in [4.78, 5) is 6.24. The van der Waals surface area contributed by atoms with Gasteiger partial charge in [0.25, 0.3) is 0 Å². The van der Waals surface area contributed by atoms with Gasteiger partial charge in [-0.15, -0.1) is 6.58 Å². The van der Waals surface area contributed by atoms with Gasteiger partial charge < -0.3 is 4.74 Å². The van der Waals surface area contributed by atoms with E-state index >= 15 is 0 Å². The van der Waals surface area contributed by atoms with E-state index < -0.39 is 0 Å². The quantitative estimate of drug-likeness (QED) is 0.661. The molecule has 1 aromatic rings. The molecule has 5 nitrogen and oxygen atoms in total. The summed E-state index contributed by atoms with van der Waals surface area (Å²) in [5.74, 6) is 0. The Kier molecular flexibility index (Phi) is 3.47. The number of hydrogen-bond donors (Lipinski definition) is 0. The molecule has 0 amide bonds. The molecular weight excluding hydrogens is 192 g/mol. The summed E-state index contributed by atoms with van der Waals surface area (Å²) in [6.45, 7) is 8.15. The minimum absolute atomic E-state index is 0.209. The molecule has 1 atom stereocenters. The van der Waals surface area contributed by atoms with Gasteiger partial charge in [0, 0.05) is 19.6 Å². The number of ether oxygens (including phenoxy) is 1. The van der Waals surface area contributed by atoms with Crippen molar-refractivity contribution >= 4 is 0 Å². The minimum atomic E-state index is 0.209. The van der Waals surface area contributed by atoms with Crippen molar-refractivity contribution in [3.8, 4) is 0 Å². The van der Waals surface area contributed by atoms with E-state index in [4.69, 9.17) is 4.74 Å². The van der Waals surface area contributed by atoms with Crippen LogP contribution in [0.25, 0.3) is 0 Å². The van der Waals surface area contributed by atoms with Gasteiger partial charge in [-0.05, 0) is 0 Å². The molecule has 1 unspecified atom stereocenters. The molecule has 15 heavy (non-hydrogen) atoms. The maximum absolute atomic E-state index is 5.66. The molecule has 1 aliphatic heterocycles. The first-order chi connectivity index (χ1) is 7.38. The zero-order valence-corrected chi connectivity index (χ0v) is 8.75. The van der Waals surface area contributed by atoms with E-state index in [-0.39, 0.29) is 6.10 Å². The van der Waals surface area contributed by atoms with Crippen LogP contribution >= 0.6 is 0 Å². The minimum Gasteiger partial charge on any atom is -0.374 e. The van der Waals surface area contributed by atoms with Crippen LogP contribution in [0, 0.1) is 0 Å². The Morgan fingerprint density at radius 2 is 2.53 bits per heavy atom. The summed E-state index contributed by atoms with van der Waals surface area (Å²) in [6.07, 6.45) is 5.40. The van der Waals surface area contributed by atoms with E-state index in [1.165, 1.54) is 0 Å². The fraction of sp³-hybridized carbons (Fsp3) is 0.600. The molecule has 0 bridgehead atoms. The lowest BCUT2D eigenvalue weighted by Crippen LogP contribution is -2.44. The largest absolute Gasteiger partial charge is 0.374 e. The first-order valence-electron chi connectivity index (χ1n) is 5.16. The van der Waals surface area contributed by atoms with E-state index in [1.54, 1.807) is 12.7 Å². The molecule has 0 N–H and O–H groups in total. The summed E-state index contributed by atoms with van der Waals surface area (Å²) >= 11 is 0. The highest BCUT2D eigenvalue weighted by atomic mass is 16.5. The summed E-state index contributed by atoms with van der Waals surface area (Å²) in [7, 11) is 0. The second-order valence-corrected chi connectivity index (χ2v) is 3.66. The van der Waals surface area contributed by atoms with Crippen LogP contribution in [0.3, 0.4) is 0 Å². The Balaban J connectivity index is 1.84. The van der Waals surface area contributed by atoms with Crippen molar-refractivity contribution in [1.82, 2.24) is 19.7 Å². The smallest absolute Gasteiger partial charge is 0.137 e. The van der Waals surface area contributed by atoms with Gasteiger partial charge in [0.15, 0.2) is 0 Å². The average molecular weight is 208 g/mol. The predicted molar refractivity (Wildman–Crippen MR) is 56.4 cm³/mol. The lowest BCUT2D eigenvalue weighted by atomic mass is 10.2. The van der Waals surface area contributed by atoms with E-state index in [1.807, 2.05) is 10.8 Å². The molecular formula is C10H16N4O. The van der Waals surface area contributed by atoms with Gasteiger partial charge in [0.1, 0.15) is 12.7 Å². The highest BCUT2D eigenvalue weighted by Gasteiger charge is 2.19. The molecule has 1 saturated heterocycles. The number of nitrogens with zero attached hydrogens (tertiary/aromatic N) is 4.